The SMILES string of the molecule is [2H]c1c([2H])c([2H])c2c(oc3c4c([2H])c([2H])c([2H])c([2H])c4c(-c4ccc(-c5nc(-c6cccc(-c7ccccc7)c6)nc(-c6ccc7c(c6)sc6cccc(-c8ccccc8)c67)n5)cc4)c([2H])c32)c1[2H]. The lowest BCUT2D eigenvalue weighted by molar-refractivity contribution is 0.672. The van der Waals surface area contributed by atoms with E-state index in [2.05, 4.69) is 60.7 Å². The lowest BCUT2D eigenvalue weighted by atomic mass is 9.95. The molecule has 0 fully saturated rings. The van der Waals surface area contributed by atoms with Gasteiger partial charge in [-0.25, -0.2) is 15.0 Å². The summed E-state index contributed by atoms with van der Waals surface area (Å²) < 4.78 is 87.4. The van der Waals surface area contributed by atoms with Crippen LogP contribution in [0.2, 0.25) is 0 Å². The number of furan rings is 1. The van der Waals surface area contributed by atoms with Gasteiger partial charge >= 0.3 is 0 Å². The summed E-state index contributed by atoms with van der Waals surface area (Å²) in [6.45, 7) is 0. The Morgan fingerprint density at radius 3 is 1.77 bits per heavy atom. The van der Waals surface area contributed by atoms with E-state index in [1.54, 1.807) is 35.6 Å². The molecule has 60 heavy (non-hydrogen) atoms. The van der Waals surface area contributed by atoms with E-state index in [4.69, 9.17) is 30.3 Å². The Bertz CT molecular complexity index is 4120. The highest BCUT2D eigenvalue weighted by Gasteiger charge is 2.18. The average Bonchev–Trinajstić information content (AvgIpc) is 3.99. The molecule has 3 aromatic heterocycles. The summed E-state index contributed by atoms with van der Waals surface area (Å²) in [5.74, 6) is 1.29. The van der Waals surface area contributed by atoms with Crippen LogP contribution < -0.4 is 0 Å². The maximum Gasteiger partial charge on any atom is 0.164 e. The van der Waals surface area contributed by atoms with E-state index < -0.39 is 48.3 Å². The molecule has 0 spiro atoms. The zero-order valence-electron chi connectivity index (χ0n) is 40.5. The maximum absolute atomic E-state index is 9.64. The van der Waals surface area contributed by atoms with Crippen LogP contribution in [-0.2, 0) is 0 Å². The topological polar surface area (TPSA) is 51.8 Å². The van der Waals surface area contributed by atoms with Gasteiger partial charge in [0.05, 0.1) is 12.3 Å². The minimum atomic E-state index is -0.522. The molecule has 0 radical (unpaired) electrons. The quantitative estimate of drug-likeness (QED) is 0.168. The largest absolute Gasteiger partial charge is 0.455 e. The second kappa shape index (κ2) is 14.0. The number of para-hydroxylation sites is 1. The summed E-state index contributed by atoms with van der Waals surface area (Å²) in [6, 6.07) is 44.3. The summed E-state index contributed by atoms with van der Waals surface area (Å²) >= 11 is 1.71. The first-order valence-corrected chi connectivity index (χ1v) is 20.2. The molecule has 0 N–H and O–H groups in total. The Balaban J connectivity index is 1.05. The predicted octanol–water partition coefficient (Wildman–Crippen LogP) is 15.3. The monoisotopic (exact) mass is 792 g/mol. The van der Waals surface area contributed by atoms with Crippen molar-refractivity contribution >= 4 is 64.2 Å². The van der Waals surface area contributed by atoms with Gasteiger partial charge in [-0.3, -0.25) is 0 Å². The van der Waals surface area contributed by atoms with Crippen molar-refractivity contribution in [3.05, 3.63) is 200 Å². The highest BCUT2D eigenvalue weighted by Crippen LogP contribution is 2.43. The highest BCUT2D eigenvalue weighted by atomic mass is 32.1. The van der Waals surface area contributed by atoms with Crippen molar-refractivity contribution in [1.29, 1.82) is 0 Å². The number of nitrogens with zero attached hydrogens (tertiary/aromatic N) is 3. The van der Waals surface area contributed by atoms with Crippen molar-refractivity contribution in [3.63, 3.8) is 0 Å². The molecule has 0 bridgehead atoms. The number of aromatic nitrogens is 3. The third-order valence-corrected chi connectivity index (χ3v) is 12.0. The third kappa shape index (κ3) is 5.78. The summed E-state index contributed by atoms with van der Waals surface area (Å²) in [7, 11) is 0. The summed E-state index contributed by atoms with van der Waals surface area (Å²) in [4.78, 5) is 15.2. The molecule has 9 aromatic carbocycles. The number of hydrogen-bond acceptors (Lipinski definition) is 5. The second-order valence-electron chi connectivity index (χ2n) is 14.4. The molecule has 0 amide bonds. The highest BCUT2D eigenvalue weighted by molar-refractivity contribution is 7.26. The summed E-state index contributed by atoms with van der Waals surface area (Å²) in [5, 5.41) is 2.29. The van der Waals surface area contributed by atoms with Crippen molar-refractivity contribution < 1.29 is 16.8 Å². The van der Waals surface area contributed by atoms with Crippen LogP contribution in [0.4, 0.5) is 0 Å². The number of fused-ring (bicyclic) bond motifs is 8. The molecule has 0 aliphatic rings. The van der Waals surface area contributed by atoms with Crippen molar-refractivity contribution in [2.45, 2.75) is 0 Å². The van der Waals surface area contributed by atoms with Gasteiger partial charge in [0.1, 0.15) is 11.2 Å². The Morgan fingerprint density at radius 1 is 0.400 bits per heavy atom. The van der Waals surface area contributed by atoms with E-state index in [-0.39, 0.29) is 44.3 Å². The van der Waals surface area contributed by atoms with Crippen LogP contribution in [0.25, 0.3) is 120 Å². The van der Waals surface area contributed by atoms with Crippen molar-refractivity contribution in [2.24, 2.45) is 0 Å². The van der Waals surface area contributed by atoms with Crippen LogP contribution >= 0.6 is 11.3 Å². The molecule has 0 atom stereocenters. The number of benzene rings is 9. The molecule has 0 saturated heterocycles. The van der Waals surface area contributed by atoms with Gasteiger partial charge in [0, 0.05) is 53.0 Å². The fourth-order valence-electron chi connectivity index (χ4n) is 8.03. The Kier molecular flexibility index (Phi) is 6.13. The lowest BCUT2D eigenvalue weighted by Crippen LogP contribution is -2.00. The maximum atomic E-state index is 9.64. The first-order chi connectivity index (χ1) is 33.5. The fourth-order valence-corrected chi connectivity index (χ4v) is 9.20. The number of hydrogen-bond donors (Lipinski definition) is 0. The summed E-state index contributed by atoms with van der Waals surface area (Å²) in [5.41, 5.74) is 6.79. The van der Waals surface area contributed by atoms with E-state index in [1.165, 1.54) is 10.1 Å². The predicted molar refractivity (Wildman–Crippen MR) is 250 cm³/mol. The first kappa shape index (κ1) is 26.3. The van der Waals surface area contributed by atoms with Gasteiger partial charge < -0.3 is 4.42 Å². The molecular formula is C55H33N3OS. The molecule has 12 aromatic rings. The van der Waals surface area contributed by atoms with Gasteiger partial charge in [-0.05, 0) is 69.1 Å². The number of rotatable bonds is 6. The van der Waals surface area contributed by atoms with Gasteiger partial charge in [-0.1, -0.05) is 170 Å². The van der Waals surface area contributed by atoms with E-state index in [0.29, 0.717) is 28.6 Å². The Labute approximate surface area is 362 Å². The molecule has 12 rings (SSSR count). The molecule has 0 saturated carbocycles. The standard InChI is InChI=1S/C55H33N3OS/c1-3-13-34(14-4-1)38-17-11-18-39(31-38)54-56-53(57-55(58-54)40-29-30-45-50(32-40)60-49-24-12-22-41(51(45)49)35-15-5-2-6-16-35)37-27-25-36(26-28-37)46-33-47-43-20-9-10-23-48(43)59-52(47)44-21-8-7-19-42(44)46/h1-33H/i7D,8D,9D,10D,19D,20D,21D,23D,33D. The Hall–Kier alpha value is -7.73. The van der Waals surface area contributed by atoms with Crippen LogP contribution in [0.1, 0.15) is 12.3 Å². The van der Waals surface area contributed by atoms with E-state index >= 15 is 0 Å². The zero-order chi connectivity index (χ0) is 47.4. The minimum absolute atomic E-state index is 0.0185. The van der Waals surface area contributed by atoms with E-state index in [9.17, 15) is 1.37 Å². The number of thiophene rings is 1. The molecule has 0 aliphatic carbocycles. The molecular weight excluding hydrogens is 751 g/mol. The molecule has 0 unspecified atom stereocenters. The van der Waals surface area contributed by atoms with Crippen LogP contribution in [-0.4, -0.2) is 15.0 Å². The minimum Gasteiger partial charge on any atom is -0.455 e. The molecule has 0 aliphatic heterocycles. The molecule has 3 heterocycles. The third-order valence-electron chi connectivity index (χ3n) is 10.9. The van der Waals surface area contributed by atoms with Gasteiger partial charge in [0.25, 0.3) is 0 Å². The van der Waals surface area contributed by atoms with Gasteiger partial charge in [0.2, 0.25) is 0 Å². The molecule has 5 heteroatoms. The van der Waals surface area contributed by atoms with Crippen LogP contribution in [0.3, 0.4) is 0 Å². The van der Waals surface area contributed by atoms with Crippen LogP contribution in [0.15, 0.2) is 204 Å². The van der Waals surface area contributed by atoms with Gasteiger partial charge in [-0.15, -0.1) is 11.3 Å². The average molecular weight is 793 g/mol. The van der Waals surface area contributed by atoms with Crippen molar-refractivity contribution in [3.8, 4) is 67.5 Å². The normalized spacial score (nSPS) is 13.8. The zero-order valence-corrected chi connectivity index (χ0v) is 32.3. The van der Waals surface area contributed by atoms with Gasteiger partial charge in [0.15, 0.2) is 17.5 Å². The first-order valence-electron chi connectivity index (χ1n) is 23.9. The van der Waals surface area contributed by atoms with Crippen LogP contribution in [0.5, 0.6) is 0 Å². The fraction of sp³-hybridized carbons (Fsp3) is 0. The lowest BCUT2D eigenvalue weighted by Gasteiger charge is -2.11. The molecule has 4 nitrogen and oxygen atoms in total. The van der Waals surface area contributed by atoms with Crippen molar-refractivity contribution in [2.75, 3.05) is 0 Å². The second-order valence-corrected chi connectivity index (χ2v) is 15.5. The van der Waals surface area contributed by atoms with E-state index in [0.717, 1.165) is 43.5 Å². The van der Waals surface area contributed by atoms with E-state index in [1.807, 2.05) is 60.7 Å². The van der Waals surface area contributed by atoms with Crippen molar-refractivity contribution in [1.82, 2.24) is 15.0 Å². The molecule has 280 valence electrons. The smallest absolute Gasteiger partial charge is 0.164 e. The van der Waals surface area contributed by atoms with Gasteiger partial charge in [-0.2, -0.15) is 0 Å². The Morgan fingerprint density at radius 2 is 0.983 bits per heavy atom. The van der Waals surface area contributed by atoms with Crippen LogP contribution in [0, 0.1) is 0 Å². The summed E-state index contributed by atoms with van der Waals surface area (Å²) in [6.07, 6.45) is 0.